The summed E-state index contributed by atoms with van der Waals surface area (Å²) in [4.78, 5) is 13.9. The van der Waals surface area contributed by atoms with Crippen molar-refractivity contribution in [1.82, 2.24) is 5.32 Å². The molecule has 7 N–H and O–H groups in total. The van der Waals surface area contributed by atoms with Crippen molar-refractivity contribution in [3.05, 3.63) is 82.9 Å². The predicted molar refractivity (Wildman–Crippen MR) is 219 cm³/mol. The summed E-state index contributed by atoms with van der Waals surface area (Å²) in [5.74, 6) is 2.18. The molecule has 0 aromatic heterocycles. The number of ether oxygens (including phenoxy) is 2. The number of methoxy groups -OCH3 is 1. The van der Waals surface area contributed by atoms with Crippen LogP contribution in [0, 0.1) is 0 Å². The van der Waals surface area contributed by atoms with Crippen LogP contribution in [0.25, 0.3) is 21.9 Å². The molecule has 1 heterocycles. The predicted octanol–water partition coefficient (Wildman–Crippen LogP) is 7.61. The van der Waals surface area contributed by atoms with Crippen molar-refractivity contribution in [2.24, 2.45) is 0 Å². The molecule has 0 bridgehead atoms. The smallest absolute Gasteiger partial charge is 0.168 e. The Hall–Kier alpha value is -3.49. The molecule has 0 radical (unpaired) electrons. The monoisotopic (exact) mass is 778 g/mol. The molecule has 1 aliphatic rings. The van der Waals surface area contributed by atoms with Crippen molar-refractivity contribution in [1.29, 1.82) is 0 Å². The van der Waals surface area contributed by atoms with Crippen LogP contribution in [0.2, 0.25) is 0 Å². The molecule has 0 aliphatic carbocycles. The number of aliphatic hydroxyl groups is 3. The molecule has 4 aromatic rings. The third-order valence-corrected chi connectivity index (χ3v) is 12.0. The number of benzene rings is 4. The highest BCUT2D eigenvalue weighted by atomic mass is 33.1. The van der Waals surface area contributed by atoms with E-state index in [2.05, 4.69) is 10.6 Å². The van der Waals surface area contributed by atoms with E-state index in [1.54, 1.807) is 46.7 Å². The number of carbonyl (C=O) groups is 1. The summed E-state index contributed by atoms with van der Waals surface area (Å²) in [7, 11) is 5.08. The minimum Gasteiger partial charge on any atom is -0.508 e. The summed E-state index contributed by atoms with van der Waals surface area (Å²) in [6, 6.07) is 18.6. The number of rotatable bonds is 13. The van der Waals surface area contributed by atoms with E-state index in [1.165, 1.54) is 7.11 Å². The SMILES string of the molecule is COc1c(O)ccc2c1-c1ccc3ccc(O)cc3c1CSSCCCC[C@H](O[C@H](NCCCCO)c1ccc(NC[C@H](C)O)c(CO)c1)CC(=O)CC2. The van der Waals surface area contributed by atoms with Crippen LogP contribution < -0.4 is 15.4 Å². The molecule has 0 saturated heterocycles. The molecule has 292 valence electrons. The summed E-state index contributed by atoms with van der Waals surface area (Å²) < 4.78 is 12.6. The second-order valence-electron chi connectivity index (χ2n) is 13.8. The average molecular weight is 779 g/mol. The second kappa shape index (κ2) is 21.0. The Morgan fingerprint density at radius 2 is 1.80 bits per heavy atom. The summed E-state index contributed by atoms with van der Waals surface area (Å²) in [5, 5.41) is 59.4. The van der Waals surface area contributed by atoms with Gasteiger partial charge >= 0.3 is 0 Å². The van der Waals surface area contributed by atoms with Crippen molar-refractivity contribution in [3.63, 3.8) is 0 Å². The standard InChI is InChI=1S/C42H54N2O8S2/c1-27(47)24-44-38-16-11-30(21-31(38)25-46)42(43-18-4-5-19-45)52-34-7-3-6-20-53-54-26-37-35(15-10-28-8-13-33(49)23-36(28)37)40-29(9-14-32(48)22-34)12-17-39(50)41(40)51-2/h8,10-13,15-17,21,23,27,34,42-47,49-50H,3-7,9,14,18-20,22,24-26H2,1-2H3/t27-,34-,42-/m0/s1. The average Bonchev–Trinajstić information content (AvgIpc) is 3.16. The quantitative estimate of drug-likeness (QED) is 0.0405. The number of aliphatic hydroxyl groups excluding tert-OH is 3. The maximum atomic E-state index is 13.9. The topological polar surface area (TPSA) is 161 Å². The third kappa shape index (κ3) is 11.3. The van der Waals surface area contributed by atoms with Crippen LogP contribution >= 0.6 is 21.6 Å². The van der Waals surface area contributed by atoms with Crippen LogP contribution in [0.5, 0.6) is 17.2 Å². The molecule has 1 aliphatic heterocycles. The largest absolute Gasteiger partial charge is 0.508 e. The molecular weight excluding hydrogens is 725 g/mol. The van der Waals surface area contributed by atoms with Crippen LogP contribution in [0.3, 0.4) is 0 Å². The number of fused-ring (bicyclic) bond motifs is 5. The Labute approximate surface area is 326 Å². The molecule has 0 unspecified atom stereocenters. The maximum absolute atomic E-state index is 13.9. The first-order chi connectivity index (χ1) is 26.2. The van der Waals surface area contributed by atoms with Gasteiger partial charge in [0.15, 0.2) is 11.5 Å². The van der Waals surface area contributed by atoms with Gasteiger partial charge in [0.1, 0.15) is 17.8 Å². The highest BCUT2D eigenvalue weighted by molar-refractivity contribution is 8.76. The number of ketones is 1. The van der Waals surface area contributed by atoms with Crippen LogP contribution in [-0.2, 0) is 28.3 Å². The summed E-state index contributed by atoms with van der Waals surface area (Å²) in [6.07, 6.45) is 3.36. The Morgan fingerprint density at radius 1 is 0.963 bits per heavy atom. The fraction of sp³-hybridized carbons (Fsp3) is 0.452. The lowest BCUT2D eigenvalue weighted by atomic mass is 9.89. The Balaban J connectivity index is 1.44. The number of Topliss-reactive ketones (excluding diaryl/α,β-unsaturated/α-hetero) is 1. The van der Waals surface area contributed by atoms with Crippen molar-refractivity contribution >= 4 is 43.8 Å². The van der Waals surface area contributed by atoms with Gasteiger partial charge in [0.2, 0.25) is 0 Å². The molecule has 0 spiro atoms. The number of phenols is 2. The van der Waals surface area contributed by atoms with Gasteiger partial charge in [-0.25, -0.2) is 0 Å². The van der Waals surface area contributed by atoms with Crippen molar-refractivity contribution in [2.45, 2.75) is 89.1 Å². The van der Waals surface area contributed by atoms with Gasteiger partial charge in [0.05, 0.1) is 25.9 Å². The minimum atomic E-state index is -0.549. The minimum absolute atomic E-state index is 0.0167. The van der Waals surface area contributed by atoms with E-state index in [0.717, 1.165) is 69.3 Å². The number of hydrogen-bond acceptors (Lipinski definition) is 12. The van der Waals surface area contributed by atoms with E-state index in [4.69, 9.17) is 9.47 Å². The molecular formula is C42H54N2O8S2. The van der Waals surface area contributed by atoms with Crippen LogP contribution in [0.15, 0.2) is 60.7 Å². The lowest BCUT2D eigenvalue weighted by Crippen LogP contribution is -2.31. The van der Waals surface area contributed by atoms with E-state index in [0.29, 0.717) is 49.4 Å². The molecule has 54 heavy (non-hydrogen) atoms. The molecule has 12 heteroatoms. The van der Waals surface area contributed by atoms with Gasteiger partial charge < -0.3 is 40.3 Å². The number of hydrogen-bond donors (Lipinski definition) is 7. The van der Waals surface area contributed by atoms with Gasteiger partial charge in [-0.1, -0.05) is 58.3 Å². The first-order valence-corrected chi connectivity index (χ1v) is 21.3. The van der Waals surface area contributed by atoms with Crippen LogP contribution in [0.4, 0.5) is 5.69 Å². The van der Waals surface area contributed by atoms with E-state index in [-0.39, 0.29) is 49.4 Å². The Kier molecular flexibility index (Phi) is 16.2. The summed E-state index contributed by atoms with van der Waals surface area (Å²) in [5.41, 5.74) is 5.78. The maximum Gasteiger partial charge on any atom is 0.168 e. The zero-order chi connectivity index (χ0) is 38.5. The van der Waals surface area contributed by atoms with Crippen molar-refractivity contribution in [3.8, 4) is 28.4 Å². The zero-order valence-corrected chi connectivity index (χ0v) is 32.8. The molecule has 0 amide bonds. The van der Waals surface area contributed by atoms with Gasteiger partial charge in [0.25, 0.3) is 0 Å². The van der Waals surface area contributed by atoms with Gasteiger partial charge in [-0.05, 0) is 109 Å². The van der Waals surface area contributed by atoms with E-state index >= 15 is 0 Å². The fourth-order valence-electron chi connectivity index (χ4n) is 6.87. The number of aryl methyl sites for hydroxylation is 1. The first kappa shape index (κ1) is 41.7. The number of carbonyl (C=O) groups excluding carboxylic acids is 1. The van der Waals surface area contributed by atoms with Crippen LogP contribution in [0.1, 0.15) is 80.4 Å². The lowest BCUT2D eigenvalue weighted by Gasteiger charge is -2.27. The van der Waals surface area contributed by atoms with Gasteiger partial charge in [-0.2, -0.15) is 0 Å². The molecule has 5 rings (SSSR count). The first-order valence-electron chi connectivity index (χ1n) is 18.8. The number of phenolic OH excluding ortho intramolecular Hbond substituents is 2. The summed E-state index contributed by atoms with van der Waals surface area (Å²) in [6.45, 7) is 2.54. The van der Waals surface area contributed by atoms with Gasteiger partial charge in [-0.15, -0.1) is 0 Å². The fourth-order valence-corrected chi connectivity index (χ4v) is 9.13. The molecule has 10 nitrogen and oxygen atoms in total. The summed E-state index contributed by atoms with van der Waals surface area (Å²) >= 11 is 0. The second-order valence-corrected chi connectivity index (χ2v) is 16.4. The number of unbranched alkanes of at least 4 members (excludes halogenated alkanes) is 1. The number of aromatic hydroxyl groups is 2. The highest BCUT2D eigenvalue weighted by Gasteiger charge is 2.25. The highest BCUT2D eigenvalue weighted by Crippen LogP contribution is 2.45. The zero-order valence-electron chi connectivity index (χ0n) is 31.2. The molecule has 3 atom stereocenters. The lowest BCUT2D eigenvalue weighted by molar-refractivity contribution is -0.124. The third-order valence-electron chi connectivity index (χ3n) is 9.67. The van der Waals surface area contributed by atoms with E-state index < -0.39 is 12.3 Å². The number of nitrogens with one attached hydrogen (secondary N) is 2. The van der Waals surface area contributed by atoms with E-state index in [9.17, 15) is 30.3 Å². The Morgan fingerprint density at radius 3 is 2.57 bits per heavy atom. The normalized spacial score (nSPS) is 17.1. The molecule has 0 saturated carbocycles. The van der Waals surface area contributed by atoms with Crippen molar-refractivity contribution < 1.29 is 39.8 Å². The van der Waals surface area contributed by atoms with E-state index in [1.807, 2.05) is 42.5 Å². The molecule has 4 aromatic carbocycles. The van der Waals surface area contributed by atoms with Gasteiger partial charge in [-0.3, -0.25) is 10.1 Å². The van der Waals surface area contributed by atoms with Gasteiger partial charge in [0, 0.05) is 54.3 Å². The number of anilines is 1. The van der Waals surface area contributed by atoms with Crippen LogP contribution in [-0.4, -0.2) is 76.1 Å². The molecule has 0 fully saturated rings. The van der Waals surface area contributed by atoms with Crippen molar-refractivity contribution in [2.75, 3.05) is 37.9 Å². The Bertz CT molecular complexity index is 1840.